The third-order valence-electron chi connectivity index (χ3n) is 7.17. The number of hydrogen-bond donors (Lipinski definition) is 2. The van der Waals surface area contributed by atoms with Gasteiger partial charge in [-0.05, 0) is 75.0 Å². The maximum absolute atomic E-state index is 13.9. The Morgan fingerprint density at radius 3 is 2.56 bits per heavy atom. The van der Waals surface area contributed by atoms with Gasteiger partial charge in [-0.2, -0.15) is 0 Å². The summed E-state index contributed by atoms with van der Waals surface area (Å²) < 4.78 is 17.2. The van der Waals surface area contributed by atoms with E-state index in [1.54, 1.807) is 89.7 Å². The number of fused-ring (bicyclic) bond motifs is 1. The van der Waals surface area contributed by atoms with Crippen molar-refractivity contribution in [1.82, 2.24) is 29.3 Å². The molecule has 2 amide bonds. The Balaban J connectivity index is 1.62. The average molecular weight is 582 g/mol. The topological polar surface area (TPSA) is 114 Å². The summed E-state index contributed by atoms with van der Waals surface area (Å²) in [5.74, 6) is 0.190. The molecule has 2 aromatic carbocycles. The van der Waals surface area contributed by atoms with Gasteiger partial charge in [0.15, 0.2) is 0 Å². The van der Waals surface area contributed by atoms with Gasteiger partial charge in [0.25, 0.3) is 11.5 Å². The molecule has 0 bridgehead atoms. The summed E-state index contributed by atoms with van der Waals surface area (Å²) in [4.78, 5) is 49.9. The van der Waals surface area contributed by atoms with Gasteiger partial charge in [0.05, 0.1) is 29.5 Å². The smallest absolute Gasteiger partial charge is 0.275 e. The number of pyridine rings is 1. The minimum Gasteiger partial charge on any atom is -0.345 e. The van der Waals surface area contributed by atoms with Crippen molar-refractivity contribution < 1.29 is 14.0 Å². The van der Waals surface area contributed by atoms with Gasteiger partial charge < -0.3 is 24.7 Å². The van der Waals surface area contributed by atoms with Crippen LogP contribution in [0.5, 0.6) is 0 Å². The molecular formula is C32H32FN7O3. The number of aromatic nitrogens is 4. The molecule has 0 fully saturated rings. The highest BCUT2D eigenvalue weighted by Gasteiger charge is 2.18. The van der Waals surface area contributed by atoms with Crippen molar-refractivity contribution >= 4 is 28.4 Å². The van der Waals surface area contributed by atoms with Crippen LogP contribution in [-0.2, 0) is 11.3 Å². The van der Waals surface area contributed by atoms with Gasteiger partial charge in [-0.1, -0.05) is 12.1 Å². The number of carbonyl (C=O) groups excluding carboxylic acids is 2. The van der Waals surface area contributed by atoms with Crippen molar-refractivity contribution in [3.8, 4) is 17.1 Å². The highest BCUT2D eigenvalue weighted by molar-refractivity contribution is 5.95. The molecule has 11 heteroatoms. The third kappa shape index (κ3) is 6.07. The molecule has 5 rings (SSSR count). The van der Waals surface area contributed by atoms with Crippen LogP contribution in [0.3, 0.4) is 0 Å². The van der Waals surface area contributed by atoms with E-state index in [4.69, 9.17) is 0 Å². The van der Waals surface area contributed by atoms with Gasteiger partial charge in [0.1, 0.15) is 23.1 Å². The maximum Gasteiger partial charge on any atom is 0.275 e. The molecule has 5 aromatic rings. The Morgan fingerprint density at radius 1 is 1.02 bits per heavy atom. The maximum atomic E-state index is 13.9. The predicted octanol–water partition coefficient (Wildman–Crippen LogP) is 3.99. The Kier molecular flexibility index (Phi) is 8.18. The second-order valence-corrected chi connectivity index (χ2v) is 10.5. The van der Waals surface area contributed by atoms with Crippen molar-refractivity contribution in [2.75, 3.05) is 26.5 Å². The van der Waals surface area contributed by atoms with Gasteiger partial charge in [-0.25, -0.2) is 14.4 Å². The van der Waals surface area contributed by atoms with Gasteiger partial charge in [-0.3, -0.25) is 14.4 Å². The summed E-state index contributed by atoms with van der Waals surface area (Å²) in [5, 5.41) is 6.31. The Morgan fingerprint density at radius 2 is 1.81 bits per heavy atom. The number of hydrogen-bond acceptors (Lipinski definition) is 6. The molecule has 0 saturated carbocycles. The van der Waals surface area contributed by atoms with E-state index in [2.05, 4.69) is 20.6 Å². The SMILES string of the molecule is CN[C@@H](C)C(=O)Nc1ccc(-c2cccc(C(=O)N(C)C)c2)n(Cc2cc(-n3ccc4cc(F)ccc43)nc(C)n2)c1=O. The zero-order valence-corrected chi connectivity index (χ0v) is 24.6. The molecule has 0 unspecified atom stereocenters. The van der Waals surface area contributed by atoms with Crippen LogP contribution in [0.4, 0.5) is 10.1 Å². The summed E-state index contributed by atoms with van der Waals surface area (Å²) in [5.41, 5.74) is 2.65. The molecule has 0 saturated heterocycles. The van der Waals surface area contributed by atoms with Gasteiger partial charge in [0.2, 0.25) is 5.91 Å². The Labute approximate surface area is 247 Å². The number of rotatable bonds is 8. The molecule has 0 spiro atoms. The van der Waals surface area contributed by atoms with Gasteiger partial charge in [-0.15, -0.1) is 0 Å². The van der Waals surface area contributed by atoms with E-state index in [1.165, 1.54) is 21.6 Å². The summed E-state index contributed by atoms with van der Waals surface area (Å²) in [6.45, 7) is 3.50. The lowest BCUT2D eigenvalue weighted by Gasteiger charge is -2.18. The molecular weight excluding hydrogens is 549 g/mol. The van der Waals surface area contributed by atoms with Crippen LogP contribution >= 0.6 is 0 Å². The van der Waals surface area contributed by atoms with Crippen LogP contribution in [0.2, 0.25) is 0 Å². The Bertz CT molecular complexity index is 1910. The quantitative estimate of drug-likeness (QED) is 0.287. The number of carbonyl (C=O) groups is 2. The third-order valence-corrected chi connectivity index (χ3v) is 7.17. The van der Waals surface area contributed by atoms with Crippen LogP contribution in [0.15, 0.2) is 77.7 Å². The number of aryl methyl sites for hydroxylation is 1. The van der Waals surface area contributed by atoms with E-state index in [0.29, 0.717) is 34.2 Å². The number of nitrogens with zero attached hydrogens (tertiary/aromatic N) is 5. The van der Waals surface area contributed by atoms with E-state index < -0.39 is 11.6 Å². The number of likely N-dealkylation sites (N-methyl/N-ethyl adjacent to an activating group) is 1. The molecule has 0 aliphatic rings. The molecule has 0 radical (unpaired) electrons. The van der Waals surface area contributed by atoms with E-state index in [0.717, 1.165) is 10.9 Å². The second-order valence-electron chi connectivity index (χ2n) is 10.5. The van der Waals surface area contributed by atoms with Crippen LogP contribution < -0.4 is 16.2 Å². The largest absolute Gasteiger partial charge is 0.345 e. The predicted molar refractivity (Wildman–Crippen MR) is 164 cm³/mol. The summed E-state index contributed by atoms with van der Waals surface area (Å²) in [6.07, 6.45) is 1.81. The molecule has 10 nitrogen and oxygen atoms in total. The molecule has 3 aromatic heterocycles. The van der Waals surface area contributed by atoms with E-state index in [9.17, 15) is 18.8 Å². The highest BCUT2D eigenvalue weighted by atomic mass is 19.1. The van der Waals surface area contributed by atoms with Crippen molar-refractivity contribution in [3.05, 3.63) is 106 Å². The highest BCUT2D eigenvalue weighted by Crippen LogP contribution is 2.24. The lowest BCUT2D eigenvalue weighted by Crippen LogP contribution is -2.37. The fraction of sp³-hybridized carbons (Fsp3) is 0.219. The number of halogens is 1. The molecule has 0 aliphatic carbocycles. The lowest BCUT2D eigenvalue weighted by atomic mass is 10.1. The van der Waals surface area contributed by atoms with Crippen LogP contribution in [-0.4, -0.2) is 63.0 Å². The van der Waals surface area contributed by atoms with Crippen LogP contribution in [0.25, 0.3) is 28.0 Å². The van der Waals surface area contributed by atoms with Gasteiger partial charge in [0, 0.05) is 37.3 Å². The summed E-state index contributed by atoms with van der Waals surface area (Å²) in [6, 6.07) is 17.9. The first-order chi connectivity index (χ1) is 20.5. The van der Waals surface area contributed by atoms with Gasteiger partial charge >= 0.3 is 0 Å². The zero-order valence-electron chi connectivity index (χ0n) is 24.6. The molecule has 220 valence electrons. The van der Waals surface area contributed by atoms with Crippen molar-refractivity contribution in [2.24, 2.45) is 0 Å². The average Bonchev–Trinajstić information content (AvgIpc) is 3.41. The molecule has 3 heterocycles. The fourth-order valence-electron chi connectivity index (χ4n) is 4.82. The molecule has 43 heavy (non-hydrogen) atoms. The number of anilines is 1. The monoisotopic (exact) mass is 581 g/mol. The Hall–Kier alpha value is -5.16. The second kappa shape index (κ2) is 12.0. The molecule has 2 N–H and O–H groups in total. The standard InChI is InChI=1S/C32H32FN7O3/c1-19(34-3)30(41)37-26-10-12-28(21-7-6-8-23(15-21)31(42)38(4)5)40(32(26)43)18-25-17-29(36-20(2)35-25)39-14-13-22-16-24(33)9-11-27(22)39/h6-17,19,34H,18H2,1-5H3,(H,37,41)/t19-/m0/s1. The molecule has 0 aliphatic heterocycles. The van der Waals surface area contributed by atoms with Crippen LogP contribution in [0, 0.1) is 12.7 Å². The summed E-state index contributed by atoms with van der Waals surface area (Å²) >= 11 is 0. The van der Waals surface area contributed by atoms with Crippen molar-refractivity contribution in [1.29, 1.82) is 0 Å². The number of amides is 2. The molecule has 1 atom stereocenters. The minimum absolute atomic E-state index is 0.0511. The number of benzene rings is 2. The van der Waals surface area contributed by atoms with Crippen LogP contribution in [0.1, 0.15) is 28.8 Å². The zero-order chi connectivity index (χ0) is 30.8. The van der Waals surface area contributed by atoms with E-state index >= 15 is 0 Å². The lowest BCUT2D eigenvalue weighted by molar-refractivity contribution is -0.117. The minimum atomic E-state index is -0.516. The number of nitrogens with one attached hydrogen (secondary N) is 2. The first-order valence-electron chi connectivity index (χ1n) is 13.7. The van der Waals surface area contributed by atoms with Crippen molar-refractivity contribution in [3.63, 3.8) is 0 Å². The fourth-order valence-corrected chi connectivity index (χ4v) is 4.82. The normalized spacial score (nSPS) is 11.9. The summed E-state index contributed by atoms with van der Waals surface area (Å²) in [7, 11) is 5.01. The van der Waals surface area contributed by atoms with Crippen molar-refractivity contribution in [2.45, 2.75) is 26.4 Å². The first kappa shape index (κ1) is 29.3. The first-order valence-corrected chi connectivity index (χ1v) is 13.7. The van der Waals surface area contributed by atoms with E-state index in [-0.39, 0.29) is 29.9 Å². The van der Waals surface area contributed by atoms with E-state index in [1.807, 2.05) is 10.6 Å².